The molecule has 0 aliphatic carbocycles. The molecular formula is C12H15BrF3N3. The summed E-state index contributed by atoms with van der Waals surface area (Å²) in [5.41, 5.74) is 0.466. The highest BCUT2D eigenvalue weighted by Crippen LogP contribution is 2.33. The van der Waals surface area contributed by atoms with Gasteiger partial charge >= 0.3 is 6.18 Å². The predicted molar refractivity (Wildman–Crippen MR) is 69.8 cm³/mol. The van der Waals surface area contributed by atoms with Crippen LogP contribution >= 0.6 is 15.9 Å². The second kappa shape index (κ2) is 6.19. The van der Waals surface area contributed by atoms with Gasteiger partial charge in [0.2, 0.25) is 0 Å². The van der Waals surface area contributed by atoms with Crippen LogP contribution in [0, 0.1) is 0 Å². The van der Waals surface area contributed by atoms with Crippen molar-refractivity contribution in [3.05, 3.63) is 28.5 Å². The summed E-state index contributed by atoms with van der Waals surface area (Å²) in [6.45, 7) is 2.63. The normalized spacial score (nSPS) is 19.4. The van der Waals surface area contributed by atoms with Gasteiger partial charge in [-0.05, 0) is 28.1 Å². The van der Waals surface area contributed by atoms with E-state index in [-0.39, 0.29) is 0 Å². The molecule has 0 amide bonds. The first kappa shape index (κ1) is 14.7. The van der Waals surface area contributed by atoms with E-state index in [1.54, 1.807) is 18.2 Å². The molecule has 3 nitrogen and oxygen atoms in total. The highest BCUT2D eigenvalue weighted by Gasteiger charge is 2.36. The SMILES string of the molecule is FC(F)(F)C[C@@H](c1cccc(Br)n1)N1CCNCC1. The molecular weight excluding hydrogens is 323 g/mol. The van der Waals surface area contributed by atoms with E-state index in [9.17, 15) is 13.2 Å². The summed E-state index contributed by atoms with van der Waals surface area (Å²) in [6.07, 6.45) is -5.06. The first-order valence-corrected chi connectivity index (χ1v) is 6.89. The Labute approximate surface area is 118 Å². The van der Waals surface area contributed by atoms with Crippen LogP contribution in [0.4, 0.5) is 13.2 Å². The maximum atomic E-state index is 12.8. The van der Waals surface area contributed by atoms with Gasteiger partial charge < -0.3 is 5.32 Å². The van der Waals surface area contributed by atoms with Crippen molar-refractivity contribution in [2.45, 2.75) is 18.6 Å². The van der Waals surface area contributed by atoms with Crippen molar-refractivity contribution in [1.82, 2.24) is 15.2 Å². The molecule has 0 radical (unpaired) electrons. The molecule has 1 aromatic rings. The molecule has 0 spiro atoms. The minimum Gasteiger partial charge on any atom is -0.314 e. The molecule has 0 aromatic carbocycles. The first-order chi connectivity index (χ1) is 8.96. The van der Waals surface area contributed by atoms with Crippen LogP contribution in [-0.2, 0) is 0 Å². The van der Waals surface area contributed by atoms with Gasteiger partial charge in [-0.2, -0.15) is 13.2 Å². The highest BCUT2D eigenvalue weighted by atomic mass is 79.9. The van der Waals surface area contributed by atoms with E-state index in [2.05, 4.69) is 26.2 Å². The molecule has 1 fully saturated rings. The molecule has 19 heavy (non-hydrogen) atoms. The Morgan fingerprint density at radius 2 is 2.00 bits per heavy atom. The third-order valence-corrected chi connectivity index (χ3v) is 3.54. The minimum atomic E-state index is -4.19. The average molecular weight is 338 g/mol. The van der Waals surface area contributed by atoms with Crippen molar-refractivity contribution in [3.63, 3.8) is 0 Å². The van der Waals surface area contributed by atoms with Crippen LogP contribution in [0.5, 0.6) is 0 Å². The Kier molecular flexibility index (Phi) is 4.81. The van der Waals surface area contributed by atoms with E-state index >= 15 is 0 Å². The molecule has 2 heterocycles. The topological polar surface area (TPSA) is 28.2 Å². The van der Waals surface area contributed by atoms with Crippen molar-refractivity contribution in [2.24, 2.45) is 0 Å². The van der Waals surface area contributed by atoms with Crippen LogP contribution < -0.4 is 5.32 Å². The van der Waals surface area contributed by atoms with Crippen LogP contribution in [0.15, 0.2) is 22.8 Å². The highest BCUT2D eigenvalue weighted by molar-refractivity contribution is 9.10. The van der Waals surface area contributed by atoms with Gasteiger partial charge in [-0.1, -0.05) is 6.07 Å². The van der Waals surface area contributed by atoms with Gasteiger partial charge in [-0.15, -0.1) is 0 Å². The average Bonchev–Trinajstić information content (AvgIpc) is 2.36. The maximum Gasteiger partial charge on any atom is 0.391 e. The Morgan fingerprint density at radius 3 is 2.58 bits per heavy atom. The van der Waals surface area contributed by atoms with E-state index in [4.69, 9.17) is 0 Å². The third-order valence-electron chi connectivity index (χ3n) is 3.10. The molecule has 2 rings (SSSR count). The lowest BCUT2D eigenvalue weighted by atomic mass is 10.1. The summed E-state index contributed by atoms with van der Waals surface area (Å²) in [4.78, 5) is 6.03. The zero-order valence-corrected chi connectivity index (χ0v) is 11.8. The van der Waals surface area contributed by atoms with E-state index < -0.39 is 18.6 Å². The molecule has 1 aromatic heterocycles. The quantitative estimate of drug-likeness (QED) is 0.859. The Balaban J connectivity index is 2.22. The lowest BCUT2D eigenvalue weighted by molar-refractivity contribution is -0.149. The standard InChI is InChI=1S/C12H15BrF3N3/c13-11-3-1-2-9(18-11)10(8-12(14,15)16)19-6-4-17-5-7-19/h1-3,10,17H,4-8H2/t10-/m0/s1. The van der Waals surface area contributed by atoms with Gasteiger partial charge in [-0.3, -0.25) is 4.90 Å². The number of rotatable bonds is 3. The van der Waals surface area contributed by atoms with Gasteiger partial charge in [-0.25, -0.2) is 4.98 Å². The molecule has 106 valence electrons. The van der Waals surface area contributed by atoms with Crippen LogP contribution in [-0.4, -0.2) is 42.2 Å². The number of nitrogens with one attached hydrogen (secondary N) is 1. The second-order valence-electron chi connectivity index (χ2n) is 4.51. The van der Waals surface area contributed by atoms with Gasteiger partial charge in [0.1, 0.15) is 4.60 Å². The molecule has 0 unspecified atom stereocenters. The fraction of sp³-hybridized carbons (Fsp3) is 0.583. The second-order valence-corrected chi connectivity index (χ2v) is 5.32. The Morgan fingerprint density at radius 1 is 1.32 bits per heavy atom. The number of pyridine rings is 1. The first-order valence-electron chi connectivity index (χ1n) is 6.10. The van der Waals surface area contributed by atoms with Crippen LogP contribution in [0.3, 0.4) is 0 Å². The van der Waals surface area contributed by atoms with Crippen molar-refractivity contribution in [2.75, 3.05) is 26.2 Å². The third kappa shape index (κ3) is 4.43. The number of hydrogen-bond donors (Lipinski definition) is 1. The number of piperazine rings is 1. The molecule has 1 N–H and O–H groups in total. The number of aromatic nitrogens is 1. The van der Waals surface area contributed by atoms with Gasteiger partial charge in [0.05, 0.1) is 18.2 Å². The summed E-state index contributed by atoms with van der Waals surface area (Å²) < 4.78 is 38.9. The summed E-state index contributed by atoms with van der Waals surface area (Å²) in [5.74, 6) is 0. The molecule has 1 aliphatic rings. The van der Waals surface area contributed by atoms with Gasteiger partial charge in [0.25, 0.3) is 0 Å². The van der Waals surface area contributed by atoms with Crippen molar-refractivity contribution in [3.8, 4) is 0 Å². The summed E-state index contributed by atoms with van der Waals surface area (Å²) >= 11 is 3.21. The molecule has 1 atom stereocenters. The monoisotopic (exact) mass is 337 g/mol. The lowest BCUT2D eigenvalue weighted by Crippen LogP contribution is -2.46. The smallest absolute Gasteiger partial charge is 0.314 e. The van der Waals surface area contributed by atoms with E-state index in [0.29, 0.717) is 36.5 Å². The van der Waals surface area contributed by atoms with Gasteiger partial charge in [0, 0.05) is 26.2 Å². The van der Waals surface area contributed by atoms with Crippen molar-refractivity contribution >= 4 is 15.9 Å². The summed E-state index contributed by atoms with van der Waals surface area (Å²) in [6, 6.07) is 4.38. The molecule has 0 saturated carbocycles. The number of nitrogens with zero attached hydrogens (tertiary/aromatic N) is 2. The predicted octanol–water partition coefficient (Wildman–Crippen LogP) is 2.74. The largest absolute Gasteiger partial charge is 0.391 e. The van der Waals surface area contributed by atoms with E-state index in [1.807, 2.05) is 4.90 Å². The Bertz CT molecular complexity index is 419. The van der Waals surface area contributed by atoms with Crippen LogP contribution in [0.25, 0.3) is 0 Å². The van der Waals surface area contributed by atoms with Crippen LogP contribution in [0.2, 0.25) is 0 Å². The van der Waals surface area contributed by atoms with E-state index in [1.165, 1.54) is 0 Å². The number of halogens is 4. The minimum absolute atomic E-state index is 0.466. The molecule has 0 bridgehead atoms. The lowest BCUT2D eigenvalue weighted by Gasteiger charge is -2.35. The zero-order valence-electron chi connectivity index (χ0n) is 10.3. The fourth-order valence-corrected chi connectivity index (χ4v) is 2.60. The Hall–Kier alpha value is -0.660. The molecule has 7 heteroatoms. The number of hydrogen-bond acceptors (Lipinski definition) is 3. The van der Waals surface area contributed by atoms with Gasteiger partial charge in [0.15, 0.2) is 0 Å². The summed E-state index contributed by atoms with van der Waals surface area (Å²) in [7, 11) is 0. The molecule has 1 saturated heterocycles. The van der Waals surface area contributed by atoms with Crippen molar-refractivity contribution < 1.29 is 13.2 Å². The fourth-order valence-electron chi connectivity index (χ4n) is 2.24. The zero-order chi connectivity index (χ0) is 13.9. The summed E-state index contributed by atoms with van der Waals surface area (Å²) in [5, 5.41) is 3.14. The van der Waals surface area contributed by atoms with Crippen LogP contribution in [0.1, 0.15) is 18.2 Å². The van der Waals surface area contributed by atoms with E-state index in [0.717, 1.165) is 0 Å². The maximum absolute atomic E-state index is 12.8. The molecule has 1 aliphatic heterocycles. The number of alkyl halides is 3. The van der Waals surface area contributed by atoms with Crippen molar-refractivity contribution in [1.29, 1.82) is 0 Å².